The molecule has 1 heterocycles. The van der Waals surface area contributed by atoms with Crippen molar-refractivity contribution in [1.82, 2.24) is 15.6 Å². The molecule has 5 nitrogen and oxygen atoms in total. The van der Waals surface area contributed by atoms with Crippen molar-refractivity contribution in [3.05, 3.63) is 41.2 Å². The molecule has 0 aliphatic rings. The highest BCUT2D eigenvalue weighted by atomic mass is 16.6. The second-order valence-electron chi connectivity index (χ2n) is 4.44. The molecule has 0 fully saturated rings. The Kier molecular flexibility index (Phi) is 4.52. The van der Waals surface area contributed by atoms with Crippen LogP contribution in [0, 0.1) is 6.92 Å². The SMILES string of the molecule is CCNC(C)c1cccc(OCc2nonc2C)c1. The van der Waals surface area contributed by atoms with Crippen molar-refractivity contribution in [2.45, 2.75) is 33.4 Å². The maximum absolute atomic E-state index is 5.71. The van der Waals surface area contributed by atoms with Gasteiger partial charge >= 0.3 is 0 Å². The molecule has 102 valence electrons. The van der Waals surface area contributed by atoms with E-state index in [-0.39, 0.29) is 0 Å². The lowest BCUT2D eigenvalue weighted by Gasteiger charge is -2.14. The summed E-state index contributed by atoms with van der Waals surface area (Å²) in [6.07, 6.45) is 0. The summed E-state index contributed by atoms with van der Waals surface area (Å²) in [5.74, 6) is 0.824. The summed E-state index contributed by atoms with van der Waals surface area (Å²) in [4.78, 5) is 0. The number of nitrogens with zero attached hydrogens (tertiary/aromatic N) is 2. The fourth-order valence-electron chi connectivity index (χ4n) is 1.83. The molecule has 1 aromatic heterocycles. The van der Waals surface area contributed by atoms with Gasteiger partial charge in [-0.25, -0.2) is 4.63 Å². The van der Waals surface area contributed by atoms with Gasteiger partial charge in [-0.1, -0.05) is 29.4 Å². The summed E-state index contributed by atoms with van der Waals surface area (Å²) in [7, 11) is 0. The van der Waals surface area contributed by atoms with E-state index < -0.39 is 0 Å². The molecule has 0 spiro atoms. The van der Waals surface area contributed by atoms with Crippen molar-refractivity contribution >= 4 is 0 Å². The largest absolute Gasteiger partial charge is 0.487 e. The highest BCUT2D eigenvalue weighted by Gasteiger charge is 2.08. The third-order valence-corrected chi connectivity index (χ3v) is 2.99. The van der Waals surface area contributed by atoms with E-state index in [0.717, 1.165) is 23.7 Å². The monoisotopic (exact) mass is 261 g/mol. The zero-order chi connectivity index (χ0) is 13.7. The van der Waals surface area contributed by atoms with Gasteiger partial charge in [0.05, 0.1) is 0 Å². The first-order chi connectivity index (χ1) is 9.20. The van der Waals surface area contributed by atoms with Gasteiger partial charge in [-0.2, -0.15) is 0 Å². The molecule has 5 heteroatoms. The van der Waals surface area contributed by atoms with Crippen LogP contribution in [0.4, 0.5) is 0 Å². The average Bonchev–Trinajstić information content (AvgIpc) is 2.82. The molecule has 0 radical (unpaired) electrons. The Morgan fingerprint density at radius 2 is 2.21 bits per heavy atom. The Morgan fingerprint density at radius 3 is 2.89 bits per heavy atom. The molecule has 19 heavy (non-hydrogen) atoms. The average molecular weight is 261 g/mol. The van der Waals surface area contributed by atoms with Crippen LogP contribution in [0.25, 0.3) is 0 Å². The third-order valence-electron chi connectivity index (χ3n) is 2.99. The van der Waals surface area contributed by atoms with Crippen molar-refractivity contribution in [3.8, 4) is 5.75 Å². The van der Waals surface area contributed by atoms with Gasteiger partial charge in [-0.15, -0.1) is 0 Å². The minimum absolute atomic E-state index is 0.309. The summed E-state index contributed by atoms with van der Waals surface area (Å²) in [6.45, 7) is 7.38. The molecule has 1 atom stereocenters. The van der Waals surface area contributed by atoms with Gasteiger partial charge < -0.3 is 10.1 Å². The lowest BCUT2D eigenvalue weighted by atomic mass is 10.1. The Labute approximate surface area is 112 Å². The number of nitrogens with one attached hydrogen (secondary N) is 1. The van der Waals surface area contributed by atoms with Crippen molar-refractivity contribution in [2.75, 3.05) is 6.54 Å². The predicted octanol–water partition coefficient (Wildman–Crippen LogP) is 2.63. The minimum Gasteiger partial charge on any atom is -0.487 e. The van der Waals surface area contributed by atoms with Gasteiger partial charge in [0.1, 0.15) is 23.7 Å². The summed E-state index contributed by atoms with van der Waals surface area (Å²) in [6, 6.07) is 8.36. The van der Waals surface area contributed by atoms with Gasteiger partial charge in [0.25, 0.3) is 0 Å². The van der Waals surface area contributed by atoms with Crippen LogP contribution in [-0.4, -0.2) is 16.9 Å². The van der Waals surface area contributed by atoms with Crippen LogP contribution < -0.4 is 10.1 Å². The maximum atomic E-state index is 5.71. The van der Waals surface area contributed by atoms with E-state index in [0.29, 0.717) is 12.6 Å². The van der Waals surface area contributed by atoms with E-state index >= 15 is 0 Å². The number of hydrogen-bond donors (Lipinski definition) is 1. The Morgan fingerprint density at radius 1 is 1.37 bits per heavy atom. The number of benzene rings is 1. The molecule has 1 aromatic carbocycles. The first kappa shape index (κ1) is 13.5. The predicted molar refractivity (Wildman–Crippen MR) is 71.9 cm³/mol. The number of rotatable bonds is 6. The van der Waals surface area contributed by atoms with Crippen molar-refractivity contribution < 1.29 is 9.37 Å². The summed E-state index contributed by atoms with van der Waals surface area (Å²) >= 11 is 0. The lowest BCUT2D eigenvalue weighted by molar-refractivity contribution is 0.270. The topological polar surface area (TPSA) is 60.2 Å². The number of aromatic nitrogens is 2. The maximum Gasteiger partial charge on any atom is 0.145 e. The van der Waals surface area contributed by atoms with Crippen LogP contribution in [0.3, 0.4) is 0 Å². The highest BCUT2D eigenvalue weighted by Crippen LogP contribution is 2.20. The molecule has 0 saturated carbocycles. The molecule has 1 N–H and O–H groups in total. The van der Waals surface area contributed by atoms with E-state index in [1.807, 2.05) is 25.1 Å². The molecule has 0 amide bonds. The standard InChI is InChI=1S/C14H19N3O2/c1-4-15-10(2)12-6-5-7-13(8-12)18-9-14-11(3)16-19-17-14/h5-8,10,15H,4,9H2,1-3H3. The zero-order valence-corrected chi connectivity index (χ0v) is 11.5. The van der Waals surface area contributed by atoms with E-state index in [1.165, 1.54) is 5.56 Å². The molecule has 2 rings (SSSR count). The fraction of sp³-hybridized carbons (Fsp3) is 0.429. The quantitative estimate of drug-likeness (QED) is 0.866. The number of aryl methyl sites for hydroxylation is 1. The highest BCUT2D eigenvalue weighted by molar-refractivity contribution is 5.30. The van der Waals surface area contributed by atoms with Gasteiger partial charge in [0.2, 0.25) is 0 Å². The first-order valence-electron chi connectivity index (χ1n) is 6.45. The van der Waals surface area contributed by atoms with Crippen LogP contribution in [0.5, 0.6) is 5.75 Å². The summed E-state index contributed by atoms with van der Waals surface area (Å²) in [5, 5.41) is 10.9. The normalized spacial score (nSPS) is 12.4. The molecule has 1 unspecified atom stereocenters. The van der Waals surface area contributed by atoms with Crippen molar-refractivity contribution in [3.63, 3.8) is 0 Å². The van der Waals surface area contributed by atoms with Crippen molar-refractivity contribution in [2.24, 2.45) is 0 Å². The Hall–Kier alpha value is -1.88. The van der Waals surface area contributed by atoms with E-state index in [9.17, 15) is 0 Å². The van der Waals surface area contributed by atoms with Crippen LogP contribution in [0.1, 0.15) is 36.8 Å². The fourth-order valence-corrected chi connectivity index (χ4v) is 1.83. The first-order valence-corrected chi connectivity index (χ1v) is 6.45. The second kappa shape index (κ2) is 6.33. The zero-order valence-electron chi connectivity index (χ0n) is 11.5. The minimum atomic E-state index is 0.309. The molecule has 0 bridgehead atoms. The van der Waals surface area contributed by atoms with Crippen LogP contribution >= 0.6 is 0 Å². The lowest BCUT2D eigenvalue weighted by Crippen LogP contribution is -2.17. The van der Waals surface area contributed by atoms with Crippen LogP contribution in [-0.2, 0) is 6.61 Å². The van der Waals surface area contributed by atoms with E-state index in [1.54, 1.807) is 0 Å². The van der Waals surface area contributed by atoms with Gasteiger partial charge in [0.15, 0.2) is 0 Å². The molecule has 0 saturated heterocycles. The molecular weight excluding hydrogens is 242 g/mol. The Bertz CT molecular complexity index is 525. The van der Waals surface area contributed by atoms with E-state index in [2.05, 4.69) is 40.2 Å². The summed E-state index contributed by atoms with van der Waals surface area (Å²) in [5.41, 5.74) is 2.69. The van der Waals surface area contributed by atoms with Gasteiger partial charge in [-0.05, 0) is 38.1 Å². The van der Waals surface area contributed by atoms with Gasteiger partial charge in [0, 0.05) is 6.04 Å². The molecule has 0 aliphatic carbocycles. The van der Waals surface area contributed by atoms with E-state index in [4.69, 9.17) is 4.74 Å². The van der Waals surface area contributed by atoms with Crippen LogP contribution in [0.15, 0.2) is 28.9 Å². The molecular formula is C14H19N3O2. The second-order valence-corrected chi connectivity index (χ2v) is 4.44. The summed E-state index contributed by atoms with van der Waals surface area (Å²) < 4.78 is 10.3. The molecule has 2 aromatic rings. The third kappa shape index (κ3) is 3.54. The number of hydrogen-bond acceptors (Lipinski definition) is 5. The van der Waals surface area contributed by atoms with Crippen LogP contribution in [0.2, 0.25) is 0 Å². The Balaban J connectivity index is 2.01. The van der Waals surface area contributed by atoms with Gasteiger partial charge in [-0.3, -0.25) is 0 Å². The molecule has 0 aliphatic heterocycles. The van der Waals surface area contributed by atoms with Crippen molar-refractivity contribution in [1.29, 1.82) is 0 Å². The smallest absolute Gasteiger partial charge is 0.145 e. The number of ether oxygens (including phenoxy) is 1.